The van der Waals surface area contributed by atoms with Gasteiger partial charge in [-0.15, -0.1) is 0 Å². The Bertz CT molecular complexity index is 590. The zero-order chi connectivity index (χ0) is 13.8. The number of thiazole rings is 1. The molecule has 1 aromatic carbocycles. The van der Waals surface area contributed by atoms with Crippen molar-refractivity contribution in [1.29, 1.82) is 0 Å². The van der Waals surface area contributed by atoms with Gasteiger partial charge >= 0.3 is 0 Å². The normalized spacial score (nSPS) is 11.8. The zero-order valence-corrected chi connectivity index (χ0v) is 13.3. The summed E-state index contributed by atoms with van der Waals surface area (Å²) in [6.07, 6.45) is 0.984. The molecule has 0 amide bonds. The van der Waals surface area contributed by atoms with E-state index in [-0.39, 0.29) is 0 Å². The van der Waals surface area contributed by atoms with Crippen molar-refractivity contribution >= 4 is 33.0 Å². The molecule has 0 aliphatic heterocycles. The van der Waals surface area contributed by atoms with E-state index in [9.17, 15) is 5.21 Å². The number of hydrogen-bond donors (Lipinski definition) is 1. The summed E-state index contributed by atoms with van der Waals surface area (Å²) in [7, 11) is 0. The van der Waals surface area contributed by atoms with E-state index >= 15 is 0 Å². The predicted molar refractivity (Wildman–Crippen MR) is 81.1 cm³/mol. The van der Waals surface area contributed by atoms with Gasteiger partial charge in [0.1, 0.15) is 0 Å². The first-order chi connectivity index (χ1) is 9.15. The van der Waals surface area contributed by atoms with Gasteiger partial charge in [-0.2, -0.15) is 4.57 Å². The number of benzene rings is 1. The Morgan fingerprint density at radius 3 is 2.63 bits per heavy atom. The van der Waals surface area contributed by atoms with Crippen LogP contribution in [0.4, 0.5) is 0 Å². The first-order valence-electron chi connectivity index (χ1n) is 6.09. The zero-order valence-electron chi connectivity index (χ0n) is 10.9. The van der Waals surface area contributed by atoms with Gasteiger partial charge in [0, 0.05) is 23.4 Å². The molecular weight excluding hydrogens is 324 g/mol. The van der Waals surface area contributed by atoms with E-state index in [2.05, 4.69) is 44.9 Å². The molecule has 0 aliphatic rings. The first kappa shape index (κ1) is 14.2. The molecule has 19 heavy (non-hydrogen) atoms. The summed E-state index contributed by atoms with van der Waals surface area (Å²) in [6, 6.07) is 7.80. The smallest absolute Gasteiger partial charge is 0.237 e. The molecule has 0 atom stereocenters. The quantitative estimate of drug-likeness (QED) is 0.393. The Kier molecular flexibility index (Phi) is 4.71. The highest BCUT2D eigenvalue weighted by atomic mass is 79.9. The number of aryl methyl sites for hydroxylation is 2. The minimum absolute atomic E-state index is 0.594. The molecule has 0 bridgehead atoms. The third-order valence-electron chi connectivity index (χ3n) is 3.00. The van der Waals surface area contributed by atoms with Crippen molar-refractivity contribution in [2.45, 2.75) is 26.8 Å². The standard InChI is InChI=1S/C14H15BrN2OS/c1-3-14-17(10(2)9-19-14)8-13(16-18)11-4-6-12(15)7-5-11/h4-7,9H,3,8H2,1-2H3/p+1/b16-13-. The van der Waals surface area contributed by atoms with Crippen LogP contribution in [0.3, 0.4) is 0 Å². The van der Waals surface area contributed by atoms with Crippen molar-refractivity contribution in [3.63, 3.8) is 0 Å². The van der Waals surface area contributed by atoms with E-state index in [4.69, 9.17) is 0 Å². The van der Waals surface area contributed by atoms with Crippen molar-refractivity contribution in [3.8, 4) is 0 Å². The van der Waals surface area contributed by atoms with Crippen LogP contribution in [0.1, 0.15) is 23.2 Å². The Labute approximate surface area is 125 Å². The fourth-order valence-electron chi connectivity index (χ4n) is 1.94. The molecule has 0 saturated heterocycles. The molecule has 5 heteroatoms. The molecule has 0 spiro atoms. The number of oxime groups is 1. The van der Waals surface area contributed by atoms with Gasteiger partial charge in [-0.25, -0.2) is 0 Å². The summed E-state index contributed by atoms with van der Waals surface area (Å²) in [5.74, 6) is 0. The molecule has 1 heterocycles. The van der Waals surface area contributed by atoms with E-state index in [0.717, 1.165) is 16.5 Å². The largest absolute Gasteiger partial charge is 0.410 e. The van der Waals surface area contributed by atoms with Crippen LogP contribution < -0.4 is 4.57 Å². The van der Waals surface area contributed by atoms with Crippen LogP contribution in [0.5, 0.6) is 0 Å². The molecule has 0 saturated carbocycles. The maximum Gasteiger partial charge on any atom is 0.237 e. The van der Waals surface area contributed by atoms with E-state index in [1.807, 2.05) is 24.3 Å². The number of rotatable bonds is 4. The molecule has 2 aromatic rings. The molecule has 0 aliphatic carbocycles. The second-order valence-electron chi connectivity index (χ2n) is 4.26. The molecule has 0 unspecified atom stereocenters. The maximum atomic E-state index is 9.27. The summed E-state index contributed by atoms with van der Waals surface area (Å²) in [4.78, 5) is 0. The van der Waals surface area contributed by atoms with Crippen LogP contribution >= 0.6 is 27.3 Å². The first-order valence-corrected chi connectivity index (χ1v) is 7.76. The monoisotopic (exact) mass is 339 g/mol. The van der Waals surface area contributed by atoms with Gasteiger partial charge in [0.2, 0.25) is 5.01 Å². The topological polar surface area (TPSA) is 36.5 Å². The molecule has 1 aromatic heterocycles. The van der Waals surface area contributed by atoms with Gasteiger partial charge in [-0.3, -0.25) is 0 Å². The molecule has 1 N–H and O–H groups in total. The third kappa shape index (κ3) is 3.22. The van der Waals surface area contributed by atoms with E-state index in [1.54, 1.807) is 11.3 Å². The van der Waals surface area contributed by atoms with Crippen molar-refractivity contribution in [2.75, 3.05) is 0 Å². The van der Waals surface area contributed by atoms with Gasteiger partial charge in [0.15, 0.2) is 18.0 Å². The van der Waals surface area contributed by atoms with Crippen molar-refractivity contribution < 1.29 is 9.77 Å². The Hall–Kier alpha value is -1.20. The number of aromatic nitrogens is 1. The highest BCUT2D eigenvalue weighted by Gasteiger charge is 2.19. The third-order valence-corrected chi connectivity index (χ3v) is 4.77. The summed E-state index contributed by atoms with van der Waals surface area (Å²) in [6.45, 7) is 4.81. The Balaban J connectivity index is 2.29. The Morgan fingerprint density at radius 1 is 1.37 bits per heavy atom. The summed E-state index contributed by atoms with van der Waals surface area (Å²) in [5.41, 5.74) is 2.81. The van der Waals surface area contributed by atoms with Crippen LogP contribution in [0.25, 0.3) is 0 Å². The van der Waals surface area contributed by atoms with Crippen molar-refractivity contribution in [3.05, 3.63) is 50.4 Å². The highest BCUT2D eigenvalue weighted by Crippen LogP contribution is 2.13. The molecule has 100 valence electrons. The fraction of sp³-hybridized carbons (Fsp3) is 0.286. The minimum atomic E-state index is 0.594. The summed E-state index contributed by atoms with van der Waals surface area (Å²) in [5, 5.41) is 16.2. The van der Waals surface area contributed by atoms with Crippen LogP contribution in [0.2, 0.25) is 0 Å². The lowest BCUT2D eigenvalue weighted by Crippen LogP contribution is -2.42. The average Bonchev–Trinajstić information content (AvgIpc) is 2.78. The maximum absolute atomic E-state index is 9.27. The summed E-state index contributed by atoms with van der Waals surface area (Å²) < 4.78 is 3.21. The SMILES string of the molecule is CCc1scc(C)[n+]1C/C(=N/O)c1ccc(Br)cc1. The molecule has 0 fully saturated rings. The predicted octanol–water partition coefficient (Wildman–Crippen LogP) is 3.55. The van der Waals surface area contributed by atoms with Crippen LogP contribution in [-0.2, 0) is 13.0 Å². The molecule has 0 radical (unpaired) electrons. The summed E-state index contributed by atoms with van der Waals surface area (Å²) >= 11 is 5.15. The second kappa shape index (κ2) is 6.30. The lowest BCUT2D eigenvalue weighted by atomic mass is 10.1. The number of halogens is 1. The average molecular weight is 340 g/mol. The van der Waals surface area contributed by atoms with Gasteiger partial charge in [-0.1, -0.05) is 51.5 Å². The lowest BCUT2D eigenvalue weighted by molar-refractivity contribution is -0.689. The van der Waals surface area contributed by atoms with Gasteiger partial charge in [0.25, 0.3) is 0 Å². The van der Waals surface area contributed by atoms with E-state index in [1.165, 1.54) is 10.7 Å². The minimum Gasteiger partial charge on any atom is -0.410 e. The highest BCUT2D eigenvalue weighted by molar-refractivity contribution is 9.10. The van der Waals surface area contributed by atoms with E-state index < -0.39 is 0 Å². The molecule has 2 rings (SSSR count). The van der Waals surface area contributed by atoms with E-state index in [0.29, 0.717) is 12.3 Å². The van der Waals surface area contributed by atoms with Gasteiger partial charge in [-0.05, 0) is 12.1 Å². The fourth-order valence-corrected chi connectivity index (χ4v) is 3.14. The van der Waals surface area contributed by atoms with Crippen LogP contribution in [-0.4, -0.2) is 10.9 Å². The lowest BCUT2D eigenvalue weighted by Gasteiger charge is -2.03. The van der Waals surface area contributed by atoms with Gasteiger partial charge < -0.3 is 5.21 Å². The Morgan fingerprint density at radius 2 is 2.05 bits per heavy atom. The molecular formula is C14H16BrN2OS+. The van der Waals surface area contributed by atoms with Crippen molar-refractivity contribution in [1.82, 2.24) is 0 Å². The van der Waals surface area contributed by atoms with Crippen molar-refractivity contribution in [2.24, 2.45) is 5.16 Å². The number of hydrogen-bond acceptors (Lipinski definition) is 3. The van der Waals surface area contributed by atoms with Crippen LogP contribution in [0, 0.1) is 6.92 Å². The second-order valence-corrected chi connectivity index (χ2v) is 6.12. The molecule has 3 nitrogen and oxygen atoms in total. The number of nitrogens with zero attached hydrogens (tertiary/aromatic N) is 2. The van der Waals surface area contributed by atoms with Crippen LogP contribution in [0.15, 0.2) is 39.3 Å². The van der Waals surface area contributed by atoms with Gasteiger partial charge in [0.05, 0.1) is 5.38 Å².